The van der Waals surface area contributed by atoms with Gasteiger partial charge in [0.25, 0.3) is 5.56 Å². The predicted molar refractivity (Wildman–Crippen MR) is 170 cm³/mol. The SMILES string of the molecule is Cc1ccc(N2c3ccccc3C3(c4ccccc42)c2ccccc2-n2c(=O)c4ccccc4c4csc3c42)cc1. The van der Waals surface area contributed by atoms with Gasteiger partial charge in [0.05, 0.1) is 28.0 Å². The maximum absolute atomic E-state index is 14.2. The molecule has 4 heteroatoms. The van der Waals surface area contributed by atoms with Crippen molar-refractivity contribution < 1.29 is 0 Å². The molecule has 0 N–H and O–H groups in total. The number of para-hydroxylation sites is 3. The predicted octanol–water partition coefficient (Wildman–Crippen LogP) is 8.99. The van der Waals surface area contributed by atoms with Gasteiger partial charge in [-0.05, 0) is 65.4 Å². The Labute approximate surface area is 241 Å². The summed E-state index contributed by atoms with van der Waals surface area (Å²) in [6.45, 7) is 2.13. The molecule has 2 aromatic heterocycles. The Morgan fingerprint density at radius 2 is 1.12 bits per heavy atom. The van der Waals surface area contributed by atoms with Gasteiger partial charge < -0.3 is 4.90 Å². The van der Waals surface area contributed by atoms with Crippen LogP contribution in [0.4, 0.5) is 17.1 Å². The monoisotopic (exact) mass is 544 g/mol. The van der Waals surface area contributed by atoms with E-state index in [2.05, 4.69) is 120 Å². The van der Waals surface area contributed by atoms with Gasteiger partial charge in [0.15, 0.2) is 0 Å². The van der Waals surface area contributed by atoms with Crippen LogP contribution in [0.1, 0.15) is 27.1 Å². The molecule has 0 unspecified atom stereocenters. The molecular weight excluding hydrogens is 520 g/mol. The molecule has 3 nitrogen and oxygen atoms in total. The molecule has 1 spiro atoms. The molecule has 7 aromatic rings. The highest BCUT2D eigenvalue weighted by atomic mass is 32.1. The van der Waals surface area contributed by atoms with Crippen LogP contribution in [0.25, 0.3) is 27.4 Å². The lowest BCUT2D eigenvalue weighted by Crippen LogP contribution is -2.41. The molecule has 9 rings (SSSR count). The van der Waals surface area contributed by atoms with Crippen molar-refractivity contribution >= 4 is 50.1 Å². The molecule has 2 aliphatic heterocycles. The van der Waals surface area contributed by atoms with Crippen LogP contribution in [0, 0.1) is 6.92 Å². The smallest absolute Gasteiger partial charge is 0.263 e. The van der Waals surface area contributed by atoms with Crippen LogP contribution >= 0.6 is 11.3 Å². The van der Waals surface area contributed by atoms with Crippen molar-refractivity contribution in [2.75, 3.05) is 4.90 Å². The second-order valence-corrected chi connectivity index (χ2v) is 11.9. The second-order valence-electron chi connectivity index (χ2n) is 11.0. The summed E-state index contributed by atoms with van der Waals surface area (Å²) in [6, 6.07) is 42.9. The van der Waals surface area contributed by atoms with Gasteiger partial charge in [-0.25, -0.2) is 0 Å². The van der Waals surface area contributed by atoms with E-state index in [1.165, 1.54) is 21.6 Å². The zero-order chi connectivity index (χ0) is 27.3. The van der Waals surface area contributed by atoms with Crippen molar-refractivity contribution in [2.45, 2.75) is 12.3 Å². The van der Waals surface area contributed by atoms with Gasteiger partial charge in [-0.2, -0.15) is 0 Å². The fourth-order valence-corrected chi connectivity index (χ4v) is 8.54. The zero-order valence-corrected chi connectivity index (χ0v) is 23.2. The quantitative estimate of drug-likeness (QED) is 0.206. The maximum atomic E-state index is 14.2. The van der Waals surface area contributed by atoms with Crippen LogP contribution in [0.3, 0.4) is 0 Å². The fraction of sp³-hybridized carbons (Fsp3) is 0.0541. The Hall–Kier alpha value is -4.93. The van der Waals surface area contributed by atoms with Crippen molar-refractivity contribution in [2.24, 2.45) is 0 Å². The Morgan fingerprint density at radius 3 is 1.78 bits per heavy atom. The number of hydrogen-bond donors (Lipinski definition) is 0. The van der Waals surface area contributed by atoms with Crippen molar-refractivity contribution in [3.63, 3.8) is 0 Å². The minimum Gasteiger partial charge on any atom is -0.310 e. The van der Waals surface area contributed by atoms with E-state index in [1.807, 2.05) is 22.8 Å². The van der Waals surface area contributed by atoms with Crippen molar-refractivity contribution in [1.29, 1.82) is 0 Å². The first kappa shape index (κ1) is 22.8. The highest BCUT2D eigenvalue weighted by Gasteiger charge is 2.51. The number of thiophene rings is 1. The van der Waals surface area contributed by atoms with Crippen LogP contribution in [0.15, 0.2) is 132 Å². The third kappa shape index (κ3) is 2.75. The average molecular weight is 545 g/mol. The summed E-state index contributed by atoms with van der Waals surface area (Å²) in [4.78, 5) is 17.8. The molecule has 5 aromatic carbocycles. The van der Waals surface area contributed by atoms with Gasteiger partial charge >= 0.3 is 0 Å². The summed E-state index contributed by atoms with van der Waals surface area (Å²) < 4.78 is 1.97. The van der Waals surface area contributed by atoms with Crippen LogP contribution in [0.2, 0.25) is 0 Å². The fourth-order valence-electron chi connectivity index (χ4n) is 7.25. The van der Waals surface area contributed by atoms with E-state index < -0.39 is 5.41 Å². The summed E-state index contributed by atoms with van der Waals surface area (Å²) in [6.07, 6.45) is 0. The molecule has 4 heterocycles. The van der Waals surface area contributed by atoms with Gasteiger partial charge in [0.1, 0.15) is 0 Å². The lowest BCUT2D eigenvalue weighted by atomic mass is 9.63. The van der Waals surface area contributed by atoms with E-state index in [4.69, 9.17) is 0 Å². The summed E-state index contributed by atoms with van der Waals surface area (Å²) >= 11 is 1.77. The normalized spacial score (nSPS) is 14.2. The lowest BCUT2D eigenvalue weighted by molar-refractivity contribution is 0.724. The van der Waals surface area contributed by atoms with Crippen LogP contribution in [-0.4, -0.2) is 4.57 Å². The Morgan fingerprint density at radius 1 is 0.585 bits per heavy atom. The molecule has 0 atom stereocenters. The Balaban J connectivity index is 1.50. The molecule has 0 bridgehead atoms. The average Bonchev–Trinajstić information content (AvgIpc) is 3.47. The molecule has 0 saturated heterocycles. The highest BCUT2D eigenvalue weighted by Crippen LogP contribution is 2.62. The van der Waals surface area contributed by atoms with Gasteiger partial charge in [0, 0.05) is 26.7 Å². The molecule has 2 aliphatic rings. The van der Waals surface area contributed by atoms with Crippen molar-refractivity contribution in [3.05, 3.63) is 164 Å². The number of nitrogens with zero attached hydrogens (tertiary/aromatic N) is 2. The number of aryl methyl sites for hydroxylation is 1. The second kappa shape index (κ2) is 8.06. The van der Waals surface area contributed by atoms with E-state index in [-0.39, 0.29) is 5.56 Å². The molecule has 0 radical (unpaired) electrons. The van der Waals surface area contributed by atoms with E-state index in [0.29, 0.717) is 0 Å². The molecule has 0 saturated carbocycles. The molecule has 41 heavy (non-hydrogen) atoms. The number of pyridine rings is 1. The van der Waals surface area contributed by atoms with Crippen LogP contribution in [-0.2, 0) is 5.41 Å². The van der Waals surface area contributed by atoms with Gasteiger partial charge in [-0.1, -0.05) is 90.5 Å². The van der Waals surface area contributed by atoms with Gasteiger partial charge in [-0.15, -0.1) is 11.3 Å². The Kier molecular flexibility index (Phi) is 4.49. The van der Waals surface area contributed by atoms with Crippen LogP contribution < -0.4 is 10.5 Å². The summed E-state index contributed by atoms with van der Waals surface area (Å²) in [5.74, 6) is 0. The molecule has 0 fully saturated rings. The number of anilines is 3. The number of rotatable bonds is 1. The number of fused-ring (bicyclic) bond motifs is 10. The molecule has 194 valence electrons. The minimum absolute atomic E-state index is 0.0358. The van der Waals surface area contributed by atoms with Crippen molar-refractivity contribution in [1.82, 2.24) is 4.57 Å². The summed E-state index contributed by atoms with van der Waals surface area (Å²) in [5.41, 5.74) is 9.69. The third-order valence-electron chi connectivity index (χ3n) is 8.92. The third-order valence-corrected chi connectivity index (χ3v) is 10.0. The van der Waals surface area contributed by atoms with E-state index in [9.17, 15) is 4.79 Å². The summed E-state index contributed by atoms with van der Waals surface area (Å²) in [5, 5.41) is 5.16. The number of benzene rings is 5. The van der Waals surface area contributed by atoms with Crippen LogP contribution in [0.5, 0.6) is 0 Å². The standard InChI is InChI=1S/C37H24N2OS/c1-23-18-20-24(21-19-23)38-31-15-7-4-12-28(31)37(29-13-5-8-16-32(29)38)30-14-6-9-17-33(30)39-34-27(22-41-35(34)37)25-10-2-3-11-26(25)36(39)40/h2-22H,1H3. The first-order valence-electron chi connectivity index (χ1n) is 13.9. The maximum Gasteiger partial charge on any atom is 0.263 e. The van der Waals surface area contributed by atoms with E-state index >= 15 is 0 Å². The first-order valence-corrected chi connectivity index (χ1v) is 14.8. The molecular formula is C37H24N2OS. The molecule has 0 aliphatic carbocycles. The van der Waals surface area contributed by atoms with E-state index in [1.54, 1.807) is 11.3 Å². The first-order chi connectivity index (χ1) is 20.2. The largest absolute Gasteiger partial charge is 0.310 e. The number of aromatic nitrogens is 1. The van der Waals surface area contributed by atoms with Gasteiger partial charge in [-0.3, -0.25) is 9.36 Å². The van der Waals surface area contributed by atoms with E-state index in [0.717, 1.165) is 50.0 Å². The number of hydrogen-bond acceptors (Lipinski definition) is 3. The highest BCUT2D eigenvalue weighted by molar-refractivity contribution is 7.12. The summed E-state index contributed by atoms with van der Waals surface area (Å²) in [7, 11) is 0. The van der Waals surface area contributed by atoms with Gasteiger partial charge in [0.2, 0.25) is 0 Å². The zero-order valence-electron chi connectivity index (χ0n) is 22.3. The lowest BCUT2D eigenvalue weighted by Gasteiger charge is -2.47. The topological polar surface area (TPSA) is 25.2 Å². The molecule has 0 amide bonds. The Bertz CT molecular complexity index is 2210. The van der Waals surface area contributed by atoms with Crippen molar-refractivity contribution in [3.8, 4) is 5.69 Å². The minimum atomic E-state index is -0.577.